The number of fused-ring (bicyclic) bond motifs is 1. The number of nitrogens with zero attached hydrogens (tertiary/aromatic N) is 6. The number of hydrogen-bond acceptors (Lipinski definition) is 7. The number of likely N-dealkylation sites (N-methyl/N-ethyl adjacent to an activating group) is 1. The molecule has 5 rings (SSSR count). The monoisotopic (exact) mass is 588 g/mol. The number of hydrogen-bond donors (Lipinski definition) is 0. The van der Waals surface area contributed by atoms with E-state index < -0.39 is 11.7 Å². The summed E-state index contributed by atoms with van der Waals surface area (Å²) in [4.78, 5) is 24.5. The zero-order chi connectivity index (χ0) is 29.3. The maximum atomic E-state index is 14.0. The van der Waals surface area contributed by atoms with Gasteiger partial charge in [-0.3, -0.25) is 4.79 Å². The van der Waals surface area contributed by atoms with Crippen molar-refractivity contribution in [1.82, 2.24) is 14.8 Å². The van der Waals surface area contributed by atoms with Crippen molar-refractivity contribution in [3.63, 3.8) is 0 Å². The van der Waals surface area contributed by atoms with Crippen LogP contribution in [0.15, 0.2) is 30.9 Å². The van der Waals surface area contributed by atoms with E-state index in [1.54, 1.807) is 9.80 Å². The number of benzene rings is 1. The first kappa shape index (κ1) is 29.0. The molecular formula is C29H32ClF3N6O2. The van der Waals surface area contributed by atoms with Crippen LogP contribution in [0, 0.1) is 11.3 Å². The highest BCUT2D eigenvalue weighted by atomic mass is 35.5. The molecule has 0 aliphatic carbocycles. The lowest BCUT2D eigenvalue weighted by Gasteiger charge is -2.39. The summed E-state index contributed by atoms with van der Waals surface area (Å²) in [7, 11) is 2.03. The van der Waals surface area contributed by atoms with Crippen molar-refractivity contribution in [2.75, 3.05) is 62.7 Å². The average molecular weight is 589 g/mol. The zero-order valence-electron chi connectivity index (χ0n) is 22.9. The van der Waals surface area contributed by atoms with Crippen molar-refractivity contribution in [2.45, 2.75) is 38.0 Å². The van der Waals surface area contributed by atoms with Crippen molar-refractivity contribution in [1.29, 1.82) is 5.26 Å². The molecule has 8 nitrogen and oxygen atoms in total. The topological polar surface area (TPSA) is 75.9 Å². The second kappa shape index (κ2) is 11.8. The standard InChI is InChI=1S/C29H32ClF3N6O2/c1-3-25(40)37-12-14-38(15-13-37)27-20-9-11-39(24-8-4-7-22(30)26(24)29(31,32)33)17-23(20)35-28(21(27)16-34)41-18-19-6-5-10-36(19)2/h3-4,7-8,19H,1,5-6,9-15,17-18H2,2H3. The van der Waals surface area contributed by atoms with Gasteiger partial charge in [0.15, 0.2) is 0 Å². The second-order valence-electron chi connectivity index (χ2n) is 10.6. The minimum Gasteiger partial charge on any atom is -0.475 e. The molecule has 2 aromatic rings. The molecule has 0 N–H and O–H groups in total. The van der Waals surface area contributed by atoms with E-state index in [2.05, 4.69) is 22.4 Å². The van der Waals surface area contributed by atoms with Gasteiger partial charge in [-0.05, 0) is 51.1 Å². The van der Waals surface area contributed by atoms with Gasteiger partial charge in [0.1, 0.15) is 18.2 Å². The third-order valence-electron chi connectivity index (χ3n) is 8.19. The first-order valence-corrected chi connectivity index (χ1v) is 14.1. The first-order chi connectivity index (χ1) is 19.6. The smallest absolute Gasteiger partial charge is 0.419 e. The van der Waals surface area contributed by atoms with E-state index in [-0.39, 0.29) is 41.6 Å². The molecular weight excluding hydrogens is 557 g/mol. The number of anilines is 2. The van der Waals surface area contributed by atoms with Gasteiger partial charge in [0.05, 0.1) is 34.2 Å². The number of halogens is 4. The number of rotatable bonds is 6. The predicted octanol–water partition coefficient (Wildman–Crippen LogP) is 4.50. The van der Waals surface area contributed by atoms with E-state index in [1.807, 2.05) is 7.05 Å². The Balaban J connectivity index is 1.53. The summed E-state index contributed by atoms with van der Waals surface area (Å²) in [6.45, 7) is 7.18. The maximum Gasteiger partial charge on any atom is 0.419 e. The first-order valence-electron chi connectivity index (χ1n) is 13.7. The fourth-order valence-electron chi connectivity index (χ4n) is 6.00. The minimum atomic E-state index is -4.62. The Hall–Kier alpha value is -3.49. The van der Waals surface area contributed by atoms with Crippen molar-refractivity contribution in [2.24, 2.45) is 0 Å². The predicted molar refractivity (Wildman–Crippen MR) is 150 cm³/mol. The summed E-state index contributed by atoms with van der Waals surface area (Å²) in [5.41, 5.74) is 1.53. The third-order valence-corrected chi connectivity index (χ3v) is 8.50. The van der Waals surface area contributed by atoms with Crippen LogP contribution in [0.5, 0.6) is 5.88 Å². The Bertz CT molecular complexity index is 1370. The fourth-order valence-corrected chi connectivity index (χ4v) is 6.27. The molecule has 2 fully saturated rings. The van der Waals surface area contributed by atoms with Crippen LogP contribution >= 0.6 is 11.6 Å². The lowest BCUT2D eigenvalue weighted by atomic mass is 9.97. The van der Waals surface area contributed by atoms with Gasteiger partial charge in [-0.15, -0.1) is 0 Å². The molecule has 1 aromatic heterocycles. The van der Waals surface area contributed by atoms with Crippen LogP contribution in [0.25, 0.3) is 0 Å². The lowest BCUT2D eigenvalue weighted by Crippen LogP contribution is -2.49. The van der Waals surface area contributed by atoms with E-state index in [0.717, 1.165) is 24.9 Å². The summed E-state index contributed by atoms with van der Waals surface area (Å²) in [6.07, 6.45) is -0.925. The number of carbonyl (C=O) groups is 1. The molecule has 1 unspecified atom stereocenters. The second-order valence-corrected chi connectivity index (χ2v) is 11.0. The average Bonchev–Trinajstić information content (AvgIpc) is 3.38. The highest BCUT2D eigenvalue weighted by molar-refractivity contribution is 6.31. The van der Waals surface area contributed by atoms with Crippen LogP contribution in [0.2, 0.25) is 5.02 Å². The highest BCUT2D eigenvalue weighted by Crippen LogP contribution is 2.44. The van der Waals surface area contributed by atoms with Gasteiger partial charge in [0, 0.05) is 44.3 Å². The van der Waals surface area contributed by atoms with Crippen LogP contribution in [0.3, 0.4) is 0 Å². The zero-order valence-corrected chi connectivity index (χ0v) is 23.6. The van der Waals surface area contributed by atoms with Gasteiger partial charge >= 0.3 is 6.18 Å². The van der Waals surface area contributed by atoms with Crippen molar-refractivity contribution < 1.29 is 22.7 Å². The van der Waals surface area contributed by atoms with E-state index in [4.69, 9.17) is 21.3 Å². The van der Waals surface area contributed by atoms with E-state index in [1.165, 1.54) is 24.3 Å². The van der Waals surface area contributed by atoms with Crippen LogP contribution < -0.4 is 14.5 Å². The van der Waals surface area contributed by atoms with Crippen molar-refractivity contribution in [3.8, 4) is 11.9 Å². The van der Waals surface area contributed by atoms with E-state index in [0.29, 0.717) is 56.2 Å². The molecule has 0 spiro atoms. The molecule has 1 amide bonds. The van der Waals surface area contributed by atoms with Crippen molar-refractivity contribution in [3.05, 3.63) is 58.3 Å². The molecule has 218 valence electrons. The molecule has 0 saturated carbocycles. The lowest BCUT2D eigenvalue weighted by molar-refractivity contribution is -0.137. The third kappa shape index (κ3) is 5.81. The van der Waals surface area contributed by atoms with E-state index in [9.17, 15) is 23.2 Å². The summed E-state index contributed by atoms with van der Waals surface area (Å²) in [6, 6.07) is 6.67. The molecule has 3 aliphatic heterocycles. The normalized spacial score (nSPS) is 19.6. The Morgan fingerprint density at radius 3 is 2.61 bits per heavy atom. The molecule has 41 heavy (non-hydrogen) atoms. The van der Waals surface area contributed by atoms with Crippen LogP contribution in [-0.2, 0) is 23.9 Å². The quantitative estimate of drug-likeness (QED) is 0.460. The number of alkyl halides is 3. The molecule has 12 heteroatoms. The highest BCUT2D eigenvalue weighted by Gasteiger charge is 2.39. The number of pyridine rings is 1. The van der Waals surface area contributed by atoms with Crippen LogP contribution in [-0.4, -0.2) is 79.7 Å². The SMILES string of the molecule is C=CC(=O)N1CCN(c2c(C#N)c(OCC3CCCN3C)nc3c2CCN(c2cccc(Cl)c2C(F)(F)F)C3)CC1. The minimum absolute atomic E-state index is 0.00467. The Morgan fingerprint density at radius 2 is 1.98 bits per heavy atom. The Labute approximate surface area is 242 Å². The van der Waals surface area contributed by atoms with Gasteiger partial charge < -0.3 is 24.3 Å². The number of piperazine rings is 1. The molecule has 0 bridgehead atoms. The summed E-state index contributed by atoms with van der Waals surface area (Å²) >= 11 is 6.02. The van der Waals surface area contributed by atoms with Gasteiger partial charge in [-0.25, -0.2) is 4.98 Å². The summed E-state index contributed by atoms with van der Waals surface area (Å²) < 4.78 is 48.2. The van der Waals surface area contributed by atoms with Gasteiger partial charge in [-0.1, -0.05) is 24.2 Å². The molecule has 0 radical (unpaired) electrons. The number of likely N-dealkylation sites (tertiary alicyclic amines) is 1. The largest absolute Gasteiger partial charge is 0.475 e. The molecule has 3 aliphatic rings. The van der Waals surface area contributed by atoms with Gasteiger partial charge in [-0.2, -0.15) is 18.4 Å². The summed E-state index contributed by atoms with van der Waals surface area (Å²) in [5.74, 6) is 0.0411. The number of ether oxygens (including phenoxy) is 1. The number of carbonyl (C=O) groups excluding carboxylic acids is 1. The fraction of sp³-hybridized carbons (Fsp3) is 0.483. The molecule has 2 saturated heterocycles. The van der Waals surface area contributed by atoms with E-state index >= 15 is 0 Å². The number of amides is 1. The summed E-state index contributed by atoms with van der Waals surface area (Å²) in [5, 5.41) is 9.95. The Morgan fingerprint density at radius 1 is 1.22 bits per heavy atom. The van der Waals surface area contributed by atoms with Crippen molar-refractivity contribution >= 4 is 28.9 Å². The Kier molecular flexibility index (Phi) is 8.34. The van der Waals surface area contributed by atoms with Gasteiger partial charge in [0.25, 0.3) is 0 Å². The molecule has 4 heterocycles. The number of nitriles is 1. The molecule has 1 atom stereocenters. The molecule has 1 aromatic carbocycles. The van der Waals surface area contributed by atoms with Crippen LogP contribution in [0.4, 0.5) is 24.5 Å². The van der Waals surface area contributed by atoms with Crippen LogP contribution in [0.1, 0.15) is 35.2 Å². The maximum absolute atomic E-state index is 14.0. The van der Waals surface area contributed by atoms with Gasteiger partial charge in [0.2, 0.25) is 11.8 Å². The number of aromatic nitrogens is 1.